The van der Waals surface area contributed by atoms with Crippen LogP contribution in [0.3, 0.4) is 0 Å². The predicted molar refractivity (Wildman–Crippen MR) is 93.5 cm³/mol. The van der Waals surface area contributed by atoms with Crippen molar-refractivity contribution in [2.24, 2.45) is 0 Å². The monoisotopic (exact) mass is 390 g/mol. The molecule has 3 heterocycles. The number of pyridine rings is 1. The van der Waals surface area contributed by atoms with Crippen LogP contribution in [0.5, 0.6) is 0 Å². The molecule has 0 N–H and O–H groups in total. The Morgan fingerprint density at radius 2 is 2.00 bits per heavy atom. The molecule has 0 radical (unpaired) electrons. The van der Waals surface area contributed by atoms with Gasteiger partial charge in [0, 0.05) is 16.9 Å². The summed E-state index contributed by atoms with van der Waals surface area (Å²) in [6, 6.07) is 5.78. The lowest BCUT2D eigenvalue weighted by Crippen LogP contribution is -2.21. The second kappa shape index (κ2) is 6.49. The van der Waals surface area contributed by atoms with Gasteiger partial charge in [0.25, 0.3) is 5.89 Å². The molecule has 6 nitrogen and oxygen atoms in total. The molecule has 0 atom stereocenters. The van der Waals surface area contributed by atoms with Gasteiger partial charge in [0.15, 0.2) is 11.6 Å². The van der Waals surface area contributed by atoms with Crippen LogP contribution in [0.15, 0.2) is 44.0 Å². The van der Waals surface area contributed by atoms with Gasteiger partial charge in [-0.1, -0.05) is 5.16 Å². The van der Waals surface area contributed by atoms with E-state index in [-0.39, 0.29) is 0 Å². The van der Waals surface area contributed by atoms with Crippen molar-refractivity contribution in [3.63, 3.8) is 0 Å². The van der Waals surface area contributed by atoms with E-state index in [1.165, 1.54) is 0 Å². The highest BCUT2D eigenvalue weighted by Gasteiger charge is 2.30. The lowest BCUT2D eigenvalue weighted by Gasteiger charge is -2.20. The Bertz CT molecular complexity index is 838. The summed E-state index contributed by atoms with van der Waals surface area (Å²) in [5, 5.41) is 4.14. The Morgan fingerprint density at radius 3 is 2.71 bits per heavy atom. The summed E-state index contributed by atoms with van der Waals surface area (Å²) in [5.41, 5.74) is 0.564. The third-order valence-corrected chi connectivity index (χ3v) is 4.19. The minimum atomic E-state index is -0.433. The third-order valence-electron chi connectivity index (χ3n) is 3.76. The number of hydrogen-bond acceptors (Lipinski definition) is 6. The Balaban J connectivity index is 1.88. The molecule has 0 bridgehead atoms. The molecule has 0 aromatic carbocycles. The number of nitrogens with zero attached hydrogens (tertiary/aromatic N) is 4. The van der Waals surface area contributed by atoms with E-state index in [2.05, 4.69) is 31.1 Å². The maximum absolute atomic E-state index is 5.77. The van der Waals surface area contributed by atoms with E-state index in [4.69, 9.17) is 8.94 Å². The summed E-state index contributed by atoms with van der Waals surface area (Å²) in [5.74, 6) is 2.40. The average molecular weight is 391 g/mol. The molecule has 3 aromatic heterocycles. The fourth-order valence-corrected chi connectivity index (χ4v) is 2.71. The highest BCUT2D eigenvalue weighted by Crippen LogP contribution is 2.32. The number of aromatic nitrogens is 3. The van der Waals surface area contributed by atoms with Gasteiger partial charge in [-0.2, -0.15) is 4.98 Å². The van der Waals surface area contributed by atoms with E-state index >= 15 is 0 Å². The first kappa shape index (κ1) is 16.9. The van der Waals surface area contributed by atoms with Crippen molar-refractivity contribution in [1.29, 1.82) is 0 Å². The quantitative estimate of drug-likeness (QED) is 0.658. The van der Waals surface area contributed by atoms with Gasteiger partial charge in [0.2, 0.25) is 0 Å². The first-order valence-corrected chi connectivity index (χ1v) is 8.34. The Morgan fingerprint density at radius 1 is 1.21 bits per heavy atom. The number of rotatable bonds is 5. The minimum absolute atomic E-state index is 0.381. The van der Waals surface area contributed by atoms with Crippen molar-refractivity contribution >= 4 is 15.9 Å². The van der Waals surface area contributed by atoms with Crippen molar-refractivity contribution in [3.8, 4) is 11.7 Å². The summed E-state index contributed by atoms with van der Waals surface area (Å²) in [6.45, 7) is 4.78. The zero-order valence-electron chi connectivity index (χ0n) is 14.1. The molecular formula is C17H19BrN4O2. The molecule has 3 aromatic rings. The van der Waals surface area contributed by atoms with Crippen molar-refractivity contribution in [1.82, 2.24) is 20.0 Å². The van der Waals surface area contributed by atoms with E-state index in [9.17, 15) is 0 Å². The molecule has 3 rings (SSSR count). The predicted octanol–water partition coefficient (Wildman–Crippen LogP) is 3.87. The van der Waals surface area contributed by atoms with E-state index < -0.39 is 5.41 Å². The van der Waals surface area contributed by atoms with Gasteiger partial charge in [0.1, 0.15) is 5.76 Å². The molecular weight excluding hydrogens is 372 g/mol. The van der Waals surface area contributed by atoms with Crippen molar-refractivity contribution in [2.45, 2.75) is 25.8 Å². The molecule has 0 aliphatic heterocycles. The fourth-order valence-electron chi connectivity index (χ4n) is 2.35. The van der Waals surface area contributed by atoms with Crippen LogP contribution < -0.4 is 0 Å². The topological polar surface area (TPSA) is 68.2 Å². The first-order chi connectivity index (χ1) is 11.4. The van der Waals surface area contributed by atoms with Gasteiger partial charge in [0.05, 0.1) is 12.0 Å². The van der Waals surface area contributed by atoms with E-state index in [0.717, 1.165) is 22.3 Å². The van der Waals surface area contributed by atoms with Crippen molar-refractivity contribution in [2.75, 3.05) is 14.1 Å². The Kier molecular flexibility index (Phi) is 4.56. The normalized spacial score (nSPS) is 12.1. The molecule has 0 aliphatic carbocycles. The summed E-state index contributed by atoms with van der Waals surface area (Å²) in [6.07, 6.45) is 3.55. The first-order valence-electron chi connectivity index (χ1n) is 7.55. The molecule has 0 unspecified atom stereocenters. The minimum Gasteiger partial charge on any atom is -0.455 e. The SMILES string of the molecule is CN(C)Cc1ccc(-c2nc(C(C)(C)c3cncc(Br)c3)no2)o1. The van der Waals surface area contributed by atoms with Gasteiger partial charge in [-0.3, -0.25) is 4.98 Å². The number of halogens is 1. The summed E-state index contributed by atoms with van der Waals surface area (Å²) < 4.78 is 12.1. The summed E-state index contributed by atoms with van der Waals surface area (Å²) in [7, 11) is 3.98. The molecule has 24 heavy (non-hydrogen) atoms. The molecule has 7 heteroatoms. The van der Waals surface area contributed by atoms with Gasteiger partial charge in [-0.25, -0.2) is 0 Å². The molecule has 126 valence electrons. The van der Waals surface area contributed by atoms with Gasteiger partial charge in [-0.15, -0.1) is 0 Å². The highest BCUT2D eigenvalue weighted by atomic mass is 79.9. The van der Waals surface area contributed by atoms with Crippen LogP contribution in [0.4, 0.5) is 0 Å². The Labute approximate surface area is 149 Å². The second-order valence-electron chi connectivity index (χ2n) is 6.44. The number of furan rings is 1. The third kappa shape index (κ3) is 3.42. The Hall–Kier alpha value is -1.99. The maximum Gasteiger partial charge on any atom is 0.293 e. The van der Waals surface area contributed by atoms with Gasteiger partial charge < -0.3 is 13.8 Å². The van der Waals surface area contributed by atoms with Crippen LogP contribution in [0.1, 0.15) is 31.0 Å². The maximum atomic E-state index is 5.77. The van der Waals surface area contributed by atoms with E-state index in [1.807, 2.05) is 57.2 Å². The second-order valence-corrected chi connectivity index (χ2v) is 7.36. The smallest absolute Gasteiger partial charge is 0.293 e. The molecule has 0 aliphatic rings. The molecule has 0 fully saturated rings. The van der Waals surface area contributed by atoms with Crippen LogP contribution >= 0.6 is 15.9 Å². The van der Waals surface area contributed by atoms with Crippen LogP contribution in [0, 0.1) is 0 Å². The zero-order valence-corrected chi connectivity index (χ0v) is 15.7. The molecule has 0 spiro atoms. The molecule has 0 saturated heterocycles. The summed E-state index contributed by atoms with van der Waals surface area (Å²) >= 11 is 3.45. The molecule has 0 amide bonds. The van der Waals surface area contributed by atoms with Crippen LogP contribution in [-0.2, 0) is 12.0 Å². The van der Waals surface area contributed by atoms with Crippen LogP contribution in [-0.4, -0.2) is 34.1 Å². The average Bonchev–Trinajstić information content (AvgIpc) is 3.15. The van der Waals surface area contributed by atoms with Crippen molar-refractivity contribution in [3.05, 3.63) is 52.2 Å². The standard InChI is InChI=1S/C17H19BrN4O2/c1-17(2,11-7-12(18)9-19-8-11)16-20-15(24-21-16)14-6-5-13(23-14)10-22(3)4/h5-9H,10H2,1-4H3. The largest absolute Gasteiger partial charge is 0.455 e. The van der Waals surface area contributed by atoms with Crippen LogP contribution in [0.2, 0.25) is 0 Å². The lowest BCUT2D eigenvalue weighted by atomic mass is 9.85. The zero-order chi connectivity index (χ0) is 17.3. The highest BCUT2D eigenvalue weighted by molar-refractivity contribution is 9.10. The molecule has 0 saturated carbocycles. The van der Waals surface area contributed by atoms with Gasteiger partial charge in [-0.05, 0) is 67.6 Å². The van der Waals surface area contributed by atoms with E-state index in [0.29, 0.717) is 17.5 Å². The van der Waals surface area contributed by atoms with Gasteiger partial charge >= 0.3 is 0 Å². The van der Waals surface area contributed by atoms with Crippen LogP contribution in [0.25, 0.3) is 11.7 Å². The number of hydrogen-bond donors (Lipinski definition) is 0. The lowest BCUT2D eigenvalue weighted by molar-refractivity contribution is 0.346. The van der Waals surface area contributed by atoms with Crippen molar-refractivity contribution < 1.29 is 8.94 Å². The fraction of sp³-hybridized carbons (Fsp3) is 0.353. The summed E-state index contributed by atoms with van der Waals surface area (Å²) in [4.78, 5) is 10.8. The van der Waals surface area contributed by atoms with E-state index in [1.54, 1.807) is 6.20 Å².